The lowest BCUT2D eigenvalue weighted by atomic mass is 9.78. The van der Waals surface area contributed by atoms with Gasteiger partial charge in [-0.05, 0) is 63.0 Å². The second-order valence-electron chi connectivity index (χ2n) is 9.09. The van der Waals surface area contributed by atoms with Crippen molar-refractivity contribution in [3.8, 4) is 5.75 Å². The zero-order valence-corrected chi connectivity index (χ0v) is 19.4. The summed E-state index contributed by atoms with van der Waals surface area (Å²) in [6, 6.07) is 6.30. The van der Waals surface area contributed by atoms with Gasteiger partial charge in [-0.15, -0.1) is 0 Å². The first-order valence-electron chi connectivity index (χ1n) is 11.1. The van der Waals surface area contributed by atoms with Crippen molar-refractivity contribution < 1.29 is 13.5 Å². The molecule has 1 N–H and O–H groups in total. The van der Waals surface area contributed by atoms with Crippen LogP contribution in [0.5, 0.6) is 5.75 Å². The van der Waals surface area contributed by atoms with E-state index >= 15 is 0 Å². The number of likely N-dealkylation sites (tertiary alicyclic amines) is 1. The van der Waals surface area contributed by atoms with Gasteiger partial charge in [0.15, 0.2) is 5.82 Å². The van der Waals surface area contributed by atoms with Crippen LogP contribution in [0.2, 0.25) is 5.02 Å². The first-order chi connectivity index (χ1) is 15.9. The Morgan fingerprint density at radius 3 is 2.61 bits per heavy atom. The molecule has 0 unspecified atom stereocenters. The second-order valence-corrected chi connectivity index (χ2v) is 9.46. The fourth-order valence-electron chi connectivity index (χ4n) is 4.97. The summed E-state index contributed by atoms with van der Waals surface area (Å²) in [5, 5.41) is 3.12. The average molecular weight is 474 g/mol. The lowest BCUT2D eigenvalue weighted by Crippen LogP contribution is -2.39. The highest BCUT2D eigenvalue weighted by atomic mass is 35.5. The van der Waals surface area contributed by atoms with Crippen molar-refractivity contribution in [2.24, 2.45) is 5.41 Å². The average Bonchev–Trinajstić information content (AvgIpc) is 3.24. The van der Waals surface area contributed by atoms with E-state index in [0.29, 0.717) is 16.7 Å². The molecular weight excluding hydrogens is 448 g/mol. The fraction of sp³-hybridized carbons (Fsp3) is 0.417. The van der Waals surface area contributed by atoms with Gasteiger partial charge in [-0.25, -0.2) is 18.7 Å². The summed E-state index contributed by atoms with van der Waals surface area (Å²) in [5.74, 6) is -0.510. The molecule has 3 aromatic rings. The van der Waals surface area contributed by atoms with Gasteiger partial charge in [0.2, 0.25) is 0 Å². The highest BCUT2D eigenvalue weighted by Gasteiger charge is 2.40. The molecule has 2 saturated heterocycles. The van der Waals surface area contributed by atoms with E-state index < -0.39 is 16.7 Å². The quantitative estimate of drug-likeness (QED) is 0.523. The molecule has 1 spiro atoms. The Labute approximate surface area is 196 Å². The summed E-state index contributed by atoms with van der Waals surface area (Å²) < 4.78 is 33.8. The number of aromatic nitrogens is 2. The molecule has 0 radical (unpaired) electrons. The third-order valence-corrected chi connectivity index (χ3v) is 7.40. The van der Waals surface area contributed by atoms with Crippen LogP contribution in [-0.4, -0.2) is 55.2 Å². The topological polar surface area (TPSA) is 53.5 Å². The molecule has 5 rings (SSSR count). The maximum atomic E-state index is 14.5. The van der Waals surface area contributed by atoms with Crippen LogP contribution in [0.15, 0.2) is 30.6 Å². The van der Waals surface area contributed by atoms with Gasteiger partial charge in [0.25, 0.3) is 0 Å². The minimum Gasteiger partial charge on any atom is -0.495 e. The Balaban J connectivity index is 1.51. The minimum atomic E-state index is -0.860. The molecule has 0 aliphatic carbocycles. The van der Waals surface area contributed by atoms with Gasteiger partial charge in [0.05, 0.1) is 24.0 Å². The van der Waals surface area contributed by atoms with Gasteiger partial charge in [-0.2, -0.15) is 0 Å². The zero-order valence-electron chi connectivity index (χ0n) is 18.7. The Hall–Kier alpha value is -2.71. The molecule has 33 heavy (non-hydrogen) atoms. The van der Waals surface area contributed by atoms with Gasteiger partial charge in [0.1, 0.15) is 28.7 Å². The van der Waals surface area contributed by atoms with E-state index in [1.54, 1.807) is 7.11 Å². The van der Waals surface area contributed by atoms with E-state index in [0.717, 1.165) is 55.5 Å². The lowest BCUT2D eigenvalue weighted by molar-refractivity contribution is 0.142. The molecule has 174 valence electrons. The predicted octanol–water partition coefficient (Wildman–Crippen LogP) is 5.24. The molecule has 3 heterocycles. The Kier molecular flexibility index (Phi) is 5.74. The maximum absolute atomic E-state index is 14.5. The molecule has 2 fully saturated rings. The SMILES string of the molecule is COc1cc2ncnc(Nc3ccc(F)c(Cl)c3F)c2cc1N1CCC2(CCN(C)CC2)C1. The van der Waals surface area contributed by atoms with Crippen LogP contribution >= 0.6 is 11.6 Å². The van der Waals surface area contributed by atoms with Crippen LogP contribution < -0.4 is 15.0 Å². The first kappa shape index (κ1) is 22.1. The molecule has 2 aliphatic rings. The van der Waals surface area contributed by atoms with Crippen molar-refractivity contribution in [3.63, 3.8) is 0 Å². The molecule has 2 aliphatic heterocycles. The standard InChI is InChI=1S/C24H26ClF2N5O/c1-31-8-5-24(6-9-31)7-10-32(13-24)19-11-15-18(12-20(19)33-2)28-14-29-23(15)30-17-4-3-16(26)21(25)22(17)27/h3-4,11-12,14H,5-10,13H2,1-2H3,(H,28,29,30). The number of nitrogens with zero attached hydrogens (tertiary/aromatic N) is 4. The van der Waals surface area contributed by atoms with Crippen LogP contribution in [0.3, 0.4) is 0 Å². The van der Waals surface area contributed by atoms with E-state index in [1.165, 1.54) is 25.2 Å². The summed E-state index contributed by atoms with van der Waals surface area (Å²) in [4.78, 5) is 13.5. The molecule has 0 bridgehead atoms. The molecule has 1 aromatic heterocycles. The maximum Gasteiger partial charge on any atom is 0.168 e. The molecular formula is C24H26ClF2N5O. The third-order valence-electron chi connectivity index (χ3n) is 7.05. The van der Waals surface area contributed by atoms with Crippen LogP contribution in [0.4, 0.5) is 26.0 Å². The summed E-state index contributed by atoms with van der Waals surface area (Å²) in [6.07, 6.45) is 4.93. The van der Waals surface area contributed by atoms with Crippen LogP contribution in [0.25, 0.3) is 10.9 Å². The van der Waals surface area contributed by atoms with E-state index in [9.17, 15) is 8.78 Å². The number of benzene rings is 2. The highest BCUT2D eigenvalue weighted by Crippen LogP contribution is 2.45. The van der Waals surface area contributed by atoms with Crippen molar-refractivity contribution in [1.82, 2.24) is 14.9 Å². The van der Waals surface area contributed by atoms with Gasteiger partial charge in [0, 0.05) is 24.5 Å². The third kappa shape index (κ3) is 4.06. The summed E-state index contributed by atoms with van der Waals surface area (Å²) in [7, 11) is 3.83. The number of nitrogens with one attached hydrogen (secondary N) is 1. The number of piperidine rings is 1. The van der Waals surface area contributed by atoms with E-state index in [2.05, 4.69) is 32.1 Å². The highest BCUT2D eigenvalue weighted by molar-refractivity contribution is 6.31. The Morgan fingerprint density at radius 2 is 1.85 bits per heavy atom. The summed E-state index contributed by atoms with van der Waals surface area (Å²) in [5.41, 5.74) is 2.01. The van der Waals surface area contributed by atoms with Gasteiger partial charge in [-0.3, -0.25) is 0 Å². The van der Waals surface area contributed by atoms with E-state index in [1.807, 2.05) is 12.1 Å². The molecule has 2 aromatic carbocycles. The van der Waals surface area contributed by atoms with Gasteiger partial charge < -0.3 is 19.9 Å². The summed E-state index contributed by atoms with van der Waals surface area (Å²) in [6.45, 7) is 4.17. The van der Waals surface area contributed by atoms with Crippen LogP contribution in [-0.2, 0) is 0 Å². The number of fused-ring (bicyclic) bond motifs is 1. The minimum absolute atomic E-state index is 0.0465. The van der Waals surface area contributed by atoms with Crippen molar-refractivity contribution in [1.29, 1.82) is 0 Å². The van der Waals surface area contributed by atoms with Crippen molar-refractivity contribution in [2.45, 2.75) is 19.3 Å². The van der Waals surface area contributed by atoms with Crippen LogP contribution in [0, 0.1) is 17.0 Å². The summed E-state index contributed by atoms with van der Waals surface area (Å²) >= 11 is 5.75. The Morgan fingerprint density at radius 1 is 1.09 bits per heavy atom. The molecule has 6 nitrogen and oxygen atoms in total. The number of halogens is 3. The Bertz CT molecular complexity index is 1200. The molecule has 0 atom stereocenters. The zero-order chi connectivity index (χ0) is 23.2. The second kappa shape index (κ2) is 8.57. The van der Waals surface area contributed by atoms with Crippen molar-refractivity contribution in [3.05, 3.63) is 47.2 Å². The monoisotopic (exact) mass is 473 g/mol. The van der Waals surface area contributed by atoms with E-state index in [-0.39, 0.29) is 5.69 Å². The fourth-order valence-corrected chi connectivity index (χ4v) is 5.14. The van der Waals surface area contributed by atoms with Crippen molar-refractivity contribution >= 4 is 39.7 Å². The molecule has 0 saturated carbocycles. The number of methoxy groups -OCH3 is 1. The van der Waals surface area contributed by atoms with Gasteiger partial charge in [-0.1, -0.05) is 11.6 Å². The van der Waals surface area contributed by atoms with Crippen LogP contribution in [0.1, 0.15) is 19.3 Å². The predicted molar refractivity (Wildman–Crippen MR) is 127 cm³/mol. The molecule has 0 amide bonds. The number of ether oxygens (including phenoxy) is 1. The lowest BCUT2D eigenvalue weighted by Gasteiger charge is -2.38. The van der Waals surface area contributed by atoms with E-state index in [4.69, 9.17) is 16.3 Å². The van der Waals surface area contributed by atoms with Crippen molar-refractivity contribution in [2.75, 3.05) is 50.6 Å². The number of hydrogen-bond acceptors (Lipinski definition) is 6. The van der Waals surface area contributed by atoms with Gasteiger partial charge >= 0.3 is 0 Å². The molecule has 9 heteroatoms. The number of hydrogen-bond donors (Lipinski definition) is 1. The normalized spacial score (nSPS) is 18.3. The first-order valence-corrected chi connectivity index (χ1v) is 11.4. The number of rotatable bonds is 4. The smallest absolute Gasteiger partial charge is 0.168 e. The largest absolute Gasteiger partial charge is 0.495 e. The number of anilines is 3.